The predicted molar refractivity (Wildman–Crippen MR) is 202 cm³/mol. The molecule has 3 aliphatic heterocycles. The zero-order chi connectivity index (χ0) is 40.4. The zero-order valence-corrected chi connectivity index (χ0v) is 31.3. The zero-order valence-electron chi connectivity index (χ0n) is 31.3. The van der Waals surface area contributed by atoms with Crippen LogP contribution in [0.25, 0.3) is 5.69 Å². The summed E-state index contributed by atoms with van der Waals surface area (Å²) in [5.74, 6) is -3.21. The summed E-state index contributed by atoms with van der Waals surface area (Å²) in [6, 6.07) is 16.4. The van der Waals surface area contributed by atoms with Crippen LogP contribution in [0.15, 0.2) is 72.8 Å². The van der Waals surface area contributed by atoms with Gasteiger partial charge in [-0.15, -0.1) is 0 Å². The van der Waals surface area contributed by atoms with Gasteiger partial charge in [-0.3, -0.25) is 24.2 Å². The molecule has 3 aromatic carbocycles. The first kappa shape index (κ1) is 39.4. The molecule has 4 aromatic rings. The highest BCUT2D eigenvalue weighted by atomic mass is 19.4. The van der Waals surface area contributed by atoms with Crippen molar-refractivity contribution in [2.24, 2.45) is 0 Å². The lowest BCUT2D eigenvalue weighted by atomic mass is 9.80. The minimum absolute atomic E-state index is 0. The second kappa shape index (κ2) is 16.4. The summed E-state index contributed by atoms with van der Waals surface area (Å²) in [5, 5.41) is 17.4. The number of hydrogen-bond donors (Lipinski definition) is 1. The molecule has 0 saturated carbocycles. The number of amides is 3. The third-order valence-corrected chi connectivity index (χ3v) is 10.7. The SMILES string of the molecule is CCN1C(=O)[C@@H](NC(=O)c2cccc(C(F)(F)F)c2)[C@@H](c2ccc(F)cc2)c2c(C(=O)N3CCCC3C#N)nn(-c3cccc(OCCCN(C)C4COC4)c3)c21.[HH]. The van der Waals surface area contributed by atoms with Crippen LogP contribution >= 0.6 is 0 Å². The first-order chi connectivity index (χ1) is 27.4. The molecule has 2 fully saturated rings. The number of halogens is 4. The van der Waals surface area contributed by atoms with E-state index in [4.69, 9.17) is 14.6 Å². The third kappa shape index (κ3) is 7.94. The van der Waals surface area contributed by atoms with Crippen molar-refractivity contribution < 1.29 is 42.8 Å². The van der Waals surface area contributed by atoms with Gasteiger partial charge in [0.25, 0.3) is 17.7 Å². The number of nitrogens with zero attached hydrogens (tertiary/aromatic N) is 6. The number of anilines is 1. The first-order valence-electron chi connectivity index (χ1n) is 18.8. The maximum atomic E-state index is 14.7. The molecule has 0 radical (unpaired) electrons. The monoisotopic (exact) mass is 789 g/mol. The molecule has 57 heavy (non-hydrogen) atoms. The van der Waals surface area contributed by atoms with Crippen LogP contribution in [0.2, 0.25) is 0 Å². The largest absolute Gasteiger partial charge is 0.493 e. The van der Waals surface area contributed by atoms with Crippen molar-refractivity contribution >= 4 is 23.5 Å². The fraction of sp³-hybridized carbons (Fsp3) is 0.390. The molecule has 2 saturated heterocycles. The molecule has 3 aliphatic rings. The fourth-order valence-corrected chi connectivity index (χ4v) is 7.58. The molecule has 4 heterocycles. The van der Waals surface area contributed by atoms with Crippen molar-refractivity contribution in [1.29, 1.82) is 5.26 Å². The second-order valence-corrected chi connectivity index (χ2v) is 14.3. The number of nitriles is 1. The molecule has 1 aromatic heterocycles. The summed E-state index contributed by atoms with van der Waals surface area (Å²) in [4.78, 5) is 48.1. The molecule has 12 nitrogen and oxygen atoms in total. The lowest BCUT2D eigenvalue weighted by Gasteiger charge is -2.38. The number of alkyl halides is 3. The Hall–Kier alpha value is -5.79. The Morgan fingerprint density at radius 2 is 1.86 bits per heavy atom. The van der Waals surface area contributed by atoms with Gasteiger partial charge in [0.2, 0.25) is 0 Å². The van der Waals surface area contributed by atoms with E-state index < -0.39 is 53.3 Å². The van der Waals surface area contributed by atoms with Gasteiger partial charge in [0, 0.05) is 44.2 Å². The van der Waals surface area contributed by atoms with Gasteiger partial charge in [-0.2, -0.15) is 23.5 Å². The van der Waals surface area contributed by atoms with E-state index in [2.05, 4.69) is 16.3 Å². The predicted octanol–water partition coefficient (Wildman–Crippen LogP) is 5.80. The Morgan fingerprint density at radius 1 is 1.11 bits per heavy atom. The summed E-state index contributed by atoms with van der Waals surface area (Å²) in [7, 11) is 2.04. The molecule has 0 aliphatic carbocycles. The van der Waals surface area contributed by atoms with Gasteiger partial charge >= 0.3 is 6.18 Å². The first-order valence-corrected chi connectivity index (χ1v) is 18.8. The summed E-state index contributed by atoms with van der Waals surface area (Å²) >= 11 is 0. The van der Waals surface area contributed by atoms with E-state index in [9.17, 15) is 37.2 Å². The number of carbonyl (C=O) groups is 3. The van der Waals surface area contributed by atoms with Crippen LogP contribution in [-0.2, 0) is 15.7 Å². The number of hydrogen-bond acceptors (Lipinski definition) is 8. The van der Waals surface area contributed by atoms with Gasteiger partial charge in [0.05, 0.1) is 43.2 Å². The Morgan fingerprint density at radius 3 is 2.54 bits per heavy atom. The highest BCUT2D eigenvalue weighted by Crippen LogP contribution is 2.45. The molecular formula is C41H43F4N7O5. The number of ether oxygens (including phenoxy) is 2. The smallest absolute Gasteiger partial charge is 0.416 e. The minimum Gasteiger partial charge on any atom is -0.493 e. The van der Waals surface area contributed by atoms with E-state index in [0.29, 0.717) is 61.8 Å². The van der Waals surface area contributed by atoms with Crippen LogP contribution in [-0.4, -0.2) is 102 Å². The Kier molecular flexibility index (Phi) is 11.3. The van der Waals surface area contributed by atoms with Crippen LogP contribution in [0.1, 0.15) is 71.1 Å². The lowest BCUT2D eigenvalue weighted by Crippen LogP contribution is -2.55. The molecule has 7 rings (SSSR count). The van der Waals surface area contributed by atoms with Crippen molar-refractivity contribution in [3.05, 3.63) is 107 Å². The fourth-order valence-electron chi connectivity index (χ4n) is 7.58. The van der Waals surface area contributed by atoms with Crippen molar-refractivity contribution in [2.75, 3.05) is 51.4 Å². The molecule has 0 bridgehead atoms. The molecular weight excluding hydrogens is 746 g/mol. The molecule has 1 N–H and O–H groups in total. The van der Waals surface area contributed by atoms with Crippen LogP contribution in [0, 0.1) is 17.1 Å². The topological polar surface area (TPSA) is 133 Å². The highest BCUT2D eigenvalue weighted by molar-refractivity contribution is 6.07. The molecule has 16 heteroatoms. The maximum absolute atomic E-state index is 14.7. The summed E-state index contributed by atoms with van der Waals surface area (Å²) < 4.78 is 68.2. The number of fused-ring (bicyclic) bond motifs is 1. The number of likely N-dealkylation sites (tertiary alicyclic amines) is 1. The number of likely N-dealkylation sites (N-methyl/N-ethyl adjacent to an activating group) is 2. The maximum Gasteiger partial charge on any atom is 0.416 e. The highest BCUT2D eigenvalue weighted by Gasteiger charge is 2.48. The molecule has 1 unspecified atom stereocenters. The van der Waals surface area contributed by atoms with E-state index in [1.165, 1.54) is 44.8 Å². The Labute approximate surface area is 328 Å². The number of nitrogens with one attached hydrogen (secondary N) is 1. The quantitative estimate of drug-likeness (QED) is 0.141. The standard InChI is InChI=1S/C41H41F4N7O5.H2/c1-3-50-38-34(33(25-13-15-28(42)16-14-25)35(39(50)54)47-37(53)26-8-4-9-27(20-26)41(43,44)45)36(40(55)51-18-6-11-30(51)22-46)48-52(38)29-10-5-12-32(21-29)57-19-7-17-49(2)31-23-56-24-31;/h4-5,8-10,12-16,20-21,30-31,33,35H,3,6-7,11,17-19,23-24H2,1-2H3,(H,47,53);1H/t30?,33-,35-;/m0./s1. The van der Waals surface area contributed by atoms with E-state index in [1.54, 1.807) is 31.2 Å². The molecule has 0 spiro atoms. The molecule has 3 atom stereocenters. The average Bonchev–Trinajstić information content (AvgIpc) is 3.82. The van der Waals surface area contributed by atoms with Crippen molar-refractivity contribution in [3.63, 3.8) is 0 Å². The van der Waals surface area contributed by atoms with Gasteiger partial charge < -0.3 is 19.7 Å². The van der Waals surface area contributed by atoms with E-state index in [1.807, 2.05) is 7.05 Å². The lowest BCUT2D eigenvalue weighted by molar-refractivity contribution is -0.137. The van der Waals surface area contributed by atoms with Gasteiger partial charge in [0.15, 0.2) is 5.69 Å². The second-order valence-electron chi connectivity index (χ2n) is 14.3. The normalized spacial score (nSPS) is 19.6. The molecule has 3 amide bonds. The number of carbonyl (C=O) groups excluding carboxylic acids is 3. The Bertz CT molecular complexity index is 2190. The Balaban J connectivity index is 0.00000567. The molecule has 300 valence electrons. The third-order valence-electron chi connectivity index (χ3n) is 10.7. The number of benzene rings is 3. The van der Waals surface area contributed by atoms with E-state index in [0.717, 1.165) is 25.1 Å². The van der Waals surface area contributed by atoms with E-state index in [-0.39, 0.29) is 37.2 Å². The summed E-state index contributed by atoms with van der Waals surface area (Å²) in [6.45, 7) is 4.63. The van der Waals surface area contributed by atoms with Crippen molar-refractivity contribution in [1.82, 2.24) is 24.9 Å². The van der Waals surface area contributed by atoms with Crippen LogP contribution in [0.4, 0.5) is 23.4 Å². The van der Waals surface area contributed by atoms with Crippen molar-refractivity contribution in [3.8, 4) is 17.5 Å². The van der Waals surface area contributed by atoms with Gasteiger partial charge in [-0.25, -0.2) is 9.07 Å². The minimum atomic E-state index is -4.73. The van der Waals surface area contributed by atoms with E-state index >= 15 is 0 Å². The van der Waals surface area contributed by atoms with Gasteiger partial charge in [-0.05, 0) is 81.3 Å². The van der Waals surface area contributed by atoms with Crippen LogP contribution < -0.4 is 15.0 Å². The number of aromatic nitrogens is 2. The van der Waals surface area contributed by atoms with Gasteiger partial charge in [0.1, 0.15) is 29.5 Å². The summed E-state index contributed by atoms with van der Waals surface area (Å²) in [5.41, 5.74) is -0.489. The summed E-state index contributed by atoms with van der Waals surface area (Å²) in [6.07, 6.45) is -2.96. The van der Waals surface area contributed by atoms with Crippen molar-refractivity contribution in [2.45, 2.75) is 56.4 Å². The van der Waals surface area contributed by atoms with Crippen LogP contribution in [0.3, 0.4) is 0 Å². The van der Waals surface area contributed by atoms with Gasteiger partial charge in [-0.1, -0.05) is 24.3 Å². The number of rotatable bonds is 12. The van der Waals surface area contributed by atoms with Crippen LogP contribution in [0.5, 0.6) is 5.75 Å². The average molecular weight is 790 g/mol.